The number of unbranched alkanes of at least 4 members (excludes halogenated alkanes) is 3. The van der Waals surface area contributed by atoms with Crippen molar-refractivity contribution in [2.45, 2.75) is 76.6 Å². The van der Waals surface area contributed by atoms with E-state index in [1.54, 1.807) is 0 Å². The van der Waals surface area contributed by atoms with Crippen LogP contribution in [0.25, 0.3) is 11.0 Å². The van der Waals surface area contributed by atoms with Gasteiger partial charge >= 0.3 is 5.97 Å². The van der Waals surface area contributed by atoms with Gasteiger partial charge in [-0.3, -0.25) is 9.59 Å². The lowest BCUT2D eigenvalue weighted by molar-refractivity contribution is -0.252. The van der Waals surface area contributed by atoms with E-state index in [1.807, 2.05) is 73.1 Å². The van der Waals surface area contributed by atoms with Crippen LogP contribution in [-0.2, 0) is 32.2 Å². The molecule has 3 N–H and O–H groups in total. The van der Waals surface area contributed by atoms with E-state index in [9.17, 15) is 14.7 Å². The number of carbonyl (C=O) groups is 2. The van der Waals surface area contributed by atoms with Crippen molar-refractivity contribution < 1.29 is 29.3 Å². The molecule has 0 aliphatic carbocycles. The topological polar surface area (TPSA) is 123 Å². The number of hydrogen-bond acceptors (Lipinski definition) is 6. The maximum Gasteiger partial charge on any atom is 0.303 e. The number of aliphatic hydroxyl groups is 1. The van der Waals surface area contributed by atoms with Gasteiger partial charge in [0.15, 0.2) is 6.29 Å². The van der Waals surface area contributed by atoms with E-state index in [2.05, 4.69) is 20.9 Å². The van der Waals surface area contributed by atoms with Gasteiger partial charge in [0.25, 0.3) is 0 Å². The molecule has 0 saturated carbocycles. The molecule has 1 aliphatic heterocycles. The van der Waals surface area contributed by atoms with Gasteiger partial charge in [0.2, 0.25) is 5.91 Å². The fourth-order valence-electron chi connectivity index (χ4n) is 5.27. The summed E-state index contributed by atoms with van der Waals surface area (Å²) >= 11 is 0. The third-order valence-electron chi connectivity index (χ3n) is 7.55. The number of imidazole rings is 1. The Labute approximate surface area is 245 Å². The second kappa shape index (κ2) is 14.2. The molecule has 2 heterocycles. The number of nitrogens with one attached hydrogen (secondary N) is 1. The normalized spacial score (nSPS) is 18.6. The van der Waals surface area contributed by atoms with Crippen LogP contribution >= 0.6 is 0 Å². The molecule has 42 heavy (non-hydrogen) atoms. The van der Waals surface area contributed by atoms with Crippen molar-refractivity contribution in [1.29, 1.82) is 0 Å². The molecule has 0 radical (unpaired) electrons. The number of carbonyl (C=O) groups excluding carboxylic acids is 1. The van der Waals surface area contributed by atoms with Crippen molar-refractivity contribution in [3.8, 4) is 0 Å². The summed E-state index contributed by atoms with van der Waals surface area (Å²) in [6, 6.07) is 23.4. The smallest absolute Gasteiger partial charge is 0.303 e. The van der Waals surface area contributed by atoms with Gasteiger partial charge in [0.05, 0.1) is 42.7 Å². The number of hydrogen-bond donors (Lipinski definition) is 3. The highest BCUT2D eigenvalue weighted by Crippen LogP contribution is 2.39. The van der Waals surface area contributed by atoms with Crippen LogP contribution in [0.4, 0.5) is 5.69 Å². The van der Waals surface area contributed by atoms with Crippen LogP contribution in [0.3, 0.4) is 0 Å². The number of benzene rings is 3. The predicted octanol–water partition coefficient (Wildman–Crippen LogP) is 6.14. The first-order valence-electron chi connectivity index (χ1n) is 14.5. The Morgan fingerprint density at radius 3 is 2.33 bits per heavy atom. The lowest BCUT2D eigenvalue weighted by atomic mass is 10.00. The van der Waals surface area contributed by atoms with E-state index in [0.717, 1.165) is 47.0 Å². The van der Waals surface area contributed by atoms with Crippen LogP contribution in [0.15, 0.2) is 79.1 Å². The number of aliphatic carboxylic acids is 1. The molecule has 9 nitrogen and oxygen atoms in total. The monoisotopic (exact) mass is 571 g/mol. The number of carboxylic acid groups (broad SMARTS) is 1. The van der Waals surface area contributed by atoms with E-state index in [-0.39, 0.29) is 31.1 Å². The Morgan fingerprint density at radius 2 is 1.60 bits per heavy atom. The molecule has 4 aromatic rings. The SMILES string of the molecule is O=C(O)CCCCCCC(=O)Nc1ccc([C@@H]2O[C@H](Cn3cnc4ccccc43)C[C@H](c3ccc(CO)cc3)O2)cc1. The lowest BCUT2D eigenvalue weighted by Crippen LogP contribution is -2.32. The van der Waals surface area contributed by atoms with Crippen molar-refractivity contribution in [3.05, 3.63) is 95.8 Å². The maximum atomic E-state index is 12.4. The van der Waals surface area contributed by atoms with Gasteiger partial charge in [-0.2, -0.15) is 0 Å². The van der Waals surface area contributed by atoms with E-state index in [4.69, 9.17) is 14.6 Å². The Balaban J connectivity index is 1.24. The fraction of sp³-hybridized carbons (Fsp3) is 0.364. The number of aromatic nitrogens is 2. The minimum absolute atomic E-state index is 0.0104. The summed E-state index contributed by atoms with van der Waals surface area (Å²) in [4.78, 5) is 27.5. The van der Waals surface area contributed by atoms with Crippen molar-refractivity contribution in [1.82, 2.24) is 9.55 Å². The lowest BCUT2D eigenvalue weighted by Gasteiger charge is -2.36. The van der Waals surface area contributed by atoms with Gasteiger partial charge in [0, 0.05) is 30.5 Å². The molecule has 3 atom stereocenters. The summed E-state index contributed by atoms with van der Waals surface area (Å²) in [7, 11) is 0. The molecule has 0 bridgehead atoms. The average molecular weight is 572 g/mol. The van der Waals surface area contributed by atoms with Gasteiger partial charge in [-0.05, 0) is 48.2 Å². The molecule has 3 aromatic carbocycles. The molecule has 0 unspecified atom stereocenters. The summed E-state index contributed by atoms with van der Waals surface area (Å²) in [6.07, 6.45) is 5.12. The van der Waals surface area contributed by atoms with E-state index < -0.39 is 12.3 Å². The van der Waals surface area contributed by atoms with Crippen molar-refractivity contribution in [2.24, 2.45) is 0 Å². The number of anilines is 1. The second-order valence-corrected chi connectivity index (χ2v) is 10.7. The number of carboxylic acids is 1. The van der Waals surface area contributed by atoms with Gasteiger partial charge in [-0.1, -0.05) is 61.4 Å². The van der Waals surface area contributed by atoms with Crippen LogP contribution in [0, 0.1) is 0 Å². The Hall–Kier alpha value is -4.05. The molecule has 5 rings (SSSR count). The standard InChI is InChI=1S/C33H37N3O6/c37-21-23-11-13-24(14-12-23)30-19-27(20-36-22-34-28-7-5-6-8-29(28)36)41-33(42-30)25-15-17-26(18-16-25)35-31(38)9-3-1-2-4-10-32(39)40/h5-8,11-18,22,27,30,33,37H,1-4,9-10,19-21H2,(H,35,38)(H,39,40)/t27-,30+,33+/m0/s1. The molecule has 9 heteroatoms. The fourth-order valence-corrected chi connectivity index (χ4v) is 5.27. The zero-order valence-electron chi connectivity index (χ0n) is 23.5. The quantitative estimate of drug-likeness (QED) is 0.165. The van der Waals surface area contributed by atoms with E-state index in [1.165, 1.54) is 0 Å². The highest BCUT2D eigenvalue weighted by atomic mass is 16.7. The predicted molar refractivity (Wildman–Crippen MR) is 159 cm³/mol. The first-order chi connectivity index (χ1) is 20.5. The molecule has 1 fully saturated rings. The highest BCUT2D eigenvalue weighted by molar-refractivity contribution is 5.90. The van der Waals surface area contributed by atoms with Crippen LogP contribution in [0.1, 0.15) is 74.0 Å². The first kappa shape index (κ1) is 29.4. The van der Waals surface area contributed by atoms with E-state index >= 15 is 0 Å². The molecular formula is C33H37N3O6. The summed E-state index contributed by atoms with van der Waals surface area (Å²) in [6.45, 7) is 0.611. The molecule has 1 amide bonds. The number of rotatable bonds is 13. The van der Waals surface area contributed by atoms with Gasteiger partial charge in [-0.25, -0.2) is 4.98 Å². The zero-order chi connectivity index (χ0) is 29.3. The molecule has 1 aromatic heterocycles. The number of aliphatic hydroxyl groups excluding tert-OH is 1. The van der Waals surface area contributed by atoms with Crippen LogP contribution in [0.2, 0.25) is 0 Å². The third kappa shape index (κ3) is 7.82. The summed E-state index contributed by atoms with van der Waals surface area (Å²) in [5.74, 6) is -0.847. The zero-order valence-corrected chi connectivity index (χ0v) is 23.5. The Bertz CT molecular complexity index is 1470. The highest BCUT2D eigenvalue weighted by Gasteiger charge is 2.32. The van der Waals surface area contributed by atoms with Crippen LogP contribution in [-0.4, -0.2) is 37.7 Å². The van der Waals surface area contributed by atoms with Gasteiger partial charge in [-0.15, -0.1) is 0 Å². The number of nitrogens with zero attached hydrogens (tertiary/aromatic N) is 2. The molecular weight excluding hydrogens is 534 g/mol. The molecule has 220 valence electrons. The average Bonchev–Trinajstić information content (AvgIpc) is 3.41. The van der Waals surface area contributed by atoms with Gasteiger partial charge < -0.3 is 29.6 Å². The molecule has 1 saturated heterocycles. The molecule has 0 spiro atoms. The Morgan fingerprint density at radius 1 is 0.881 bits per heavy atom. The number of fused-ring (bicyclic) bond motifs is 1. The summed E-state index contributed by atoms with van der Waals surface area (Å²) in [5, 5.41) is 21.1. The Kier molecular flexibility index (Phi) is 9.97. The first-order valence-corrected chi connectivity index (χ1v) is 14.5. The van der Waals surface area contributed by atoms with Gasteiger partial charge in [0.1, 0.15) is 0 Å². The largest absolute Gasteiger partial charge is 0.481 e. The van der Waals surface area contributed by atoms with E-state index in [0.29, 0.717) is 31.5 Å². The van der Waals surface area contributed by atoms with Crippen LogP contribution in [0.5, 0.6) is 0 Å². The van der Waals surface area contributed by atoms with Crippen molar-refractivity contribution >= 4 is 28.6 Å². The van der Waals surface area contributed by atoms with Crippen LogP contribution < -0.4 is 5.32 Å². The number of para-hydroxylation sites is 2. The second-order valence-electron chi connectivity index (χ2n) is 10.7. The third-order valence-corrected chi connectivity index (χ3v) is 7.55. The summed E-state index contributed by atoms with van der Waals surface area (Å²) < 4.78 is 15.0. The minimum atomic E-state index is -0.783. The summed E-state index contributed by atoms with van der Waals surface area (Å²) in [5.41, 5.74) is 5.40. The minimum Gasteiger partial charge on any atom is -0.481 e. The maximum absolute atomic E-state index is 12.4. The number of amides is 1. The number of ether oxygens (including phenoxy) is 2. The van der Waals surface area contributed by atoms with Crippen molar-refractivity contribution in [3.63, 3.8) is 0 Å². The van der Waals surface area contributed by atoms with Crippen molar-refractivity contribution in [2.75, 3.05) is 5.32 Å². The molecule has 1 aliphatic rings.